The molecule has 6 heteroatoms. The van der Waals surface area contributed by atoms with E-state index in [1.54, 1.807) is 47.2 Å². The molecule has 0 saturated carbocycles. The molecule has 1 aliphatic rings. The van der Waals surface area contributed by atoms with Gasteiger partial charge in [0.25, 0.3) is 0 Å². The van der Waals surface area contributed by atoms with Crippen molar-refractivity contribution in [2.45, 2.75) is 29.3 Å². The van der Waals surface area contributed by atoms with Gasteiger partial charge in [-0.3, -0.25) is 4.79 Å². The third-order valence-corrected chi connectivity index (χ3v) is 7.68. The molecule has 3 aromatic carbocycles. The van der Waals surface area contributed by atoms with Gasteiger partial charge in [0.15, 0.2) is 0 Å². The lowest BCUT2D eigenvalue weighted by Gasteiger charge is -2.29. The normalized spacial score (nSPS) is 13.9. The molecule has 31 heavy (non-hydrogen) atoms. The second kappa shape index (κ2) is 7.71. The van der Waals surface area contributed by atoms with Crippen molar-refractivity contribution in [2.75, 3.05) is 6.54 Å². The maximum Gasteiger partial charge on any atom is 0.242 e. The molecular formula is C25H22N2O3S. The average molecular weight is 431 g/mol. The van der Waals surface area contributed by atoms with Gasteiger partial charge >= 0.3 is 0 Å². The highest BCUT2D eigenvalue weighted by Crippen LogP contribution is 2.30. The van der Waals surface area contributed by atoms with Crippen LogP contribution in [0.5, 0.6) is 0 Å². The van der Waals surface area contributed by atoms with E-state index in [1.165, 1.54) is 11.1 Å². The van der Waals surface area contributed by atoms with Crippen LogP contribution in [0.1, 0.15) is 11.1 Å². The van der Waals surface area contributed by atoms with Gasteiger partial charge in [-0.1, -0.05) is 60.7 Å². The number of para-hydroxylation sites is 1. The third-order valence-electron chi connectivity index (χ3n) is 5.88. The highest BCUT2D eigenvalue weighted by molar-refractivity contribution is 7.91. The van der Waals surface area contributed by atoms with Gasteiger partial charge in [-0.25, -0.2) is 8.42 Å². The predicted molar refractivity (Wildman–Crippen MR) is 119 cm³/mol. The molecule has 1 amide bonds. The molecule has 4 aromatic rings. The molecule has 0 spiro atoms. The Morgan fingerprint density at radius 3 is 2.32 bits per heavy atom. The number of benzene rings is 3. The Hall–Kier alpha value is -3.38. The van der Waals surface area contributed by atoms with Gasteiger partial charge in [-0.05, 0) is 35.7 Å². The van der Waals surface area contributed by atoms with Gasteiger partial charge in [-0.15, -0.1) is 0 Å². The van der Waals surface area contributed by atoms with Crippen molar-refractivity contribution in [3.63, 3.8) is 0 Å². The van der Waals surface area contributed by atoms with Gasteiger partial charge in [0, 0.05) is 30.2 Å². The number of hydrogen-bond acceptors (Lipinski definition) is 3. The van der Waals surface area contributed by atoms with Gasteiger partial charge in [0.05, 0.1) is 9.79 Å². The molecule has 0 unspecified atom stereocenters. The molecule has 2 heterocycles. The first kappa shape index (κ1) is 19.6. The third kappa shape index (κ3) is 3.53. The second-order valence-corrected chi connectivity index (χ2v) is 9.71. The van der Waals surface area contributed by atoms with Gasteiger partial charge in [-0.2, -0.15) is 0 Å². The van der Waals surface area contributed by atoms with E-state index in [9.17, 15) is 13.2 Å². The van der Waals surface area contributed by atoms with Crippen LogP contribution in [0.15, 0.2) is 94.9 Å². The largest absolute Gasteiger partial charge is 0.337 e. The summed E-state index contributed by atoms with van der Waals surface area (Å²) >= 11 is 0. The summed E-state index contributed by atoms with van der Waals surface area (Å²) in [5.41, 5.74) is 3.20. The van der Waals surface area contributed by atoms with Crippen molar-refractivity contribution in [3.05, 3.63) is 96.2 Å². The number of sulfone groups is 1. The summed E-state index contributed by atoms with van der Waals surface area (Å²) in [5, 5.41) is 0.628. The van der Waals surface area contributed by atoms with Gasteiger partial charge < -0.3 is 9.47 Å². The minimum absolute atomic E-state index is 0.0149. The van der Waals surface area contributed by atoms with Crippen molar-refractivity contribution in [3.8, 4) is 0 Å². The van der Waals surface area contributed by atoms with Crippen LogP contribution in [0.3, 0.4) is 0 Å². The summed E-state index contributed by atoms with van der Waals surface area (Å²) in [6.45, 7) is 1.36. The number of rotatable bonds is 4. The molecule has 0 bridgehead atoms. The van der Waals surface area contributed by atoms with Crippen LogP contribution in [0, 0.1) is 0 Å². The van der Waals surface area contributed by atoms with E-state index in [-0.39, 0.29) is 22.2 Å². The smallest absolute Gasteiger partial charge is 0.242 e. The molecule has 156 valence electrons. The Balaban J connectivity index is 1.48. The maximum atomic E-state index is 13.3. The Bertz CT molecular complexity index is 1370. The summed E-state index contributed by atoms with van der Waals surface area (Å²) in [6.07, 6.45) is 2.44. The van der Waals surface area contributed by atoms with Gasteiger partial charge in [0.1, 0.15) is 6.54 Å². The first-order valence-corrected chi connectivity index (χ1v) is 11.7. The number of fused-ring (bicyclic) bond motifs is 2. The molecular weight excluding hydrogens is 408 g/mol. The van der Waals surface area contributed by atoms with E-state index in [0.29, 0.717) is 18.5 Å². The number of carbonyl (C=O) groups excluding carboxylic acids is 1. The molecule has 0 aliphatic carbocycles. The van der Waals surface area contributed by atoms with Crippen LogP contribution in [-0.2, 0) is 34.1 Å². The highest BCUT2D eigenvalue weighted by atomic mass is 32.2. The number of carbonyl (C=O) groups is 1. The lowest BCUT2D eigenvalue weighted by molar-refractivity contribution is -0.132. The molecule has 5 rings (SSSR count). The van der Waals surface area contributed by atoms with E-state index in [4.69, 9.17) is 0 Å². The zero-order valence-corrected chi connectivity index (χ0v) is 17.8. The van der Waals surface area contributed by atoms with Crippen molar-refractivity contribution >= 4 is 26.6 Å². The Morgan fingerprint density at radius 2 is 1.52 bits per heavy atom. The zero-order valence-electron chi connectivity index (χ0n) is 16.9. The molecule has 1 aliphatic heterocycles. The Kier molecular flexibility index (Phi) is 4.87. The van der Waals surface area contributed by atoms with Crippen molar-refractivity contribution in [1.82, 2.24) is 9.47 Å². The van der Waals surface area contributed by atoms with E-state index in [1.807, 2.05) is 35.2 Å². The van der Waals surface area contributed by atoms with Crippen LogP contribution in [0.4, 0.5) is 0 Å². The lowest BCUT2D eigenvalue weighted by Crippen LogP contribution is -2.37. The van der Waals surface area contributed by atoms with Crippen LogP contribution in [-0.4, -0.2) is 30.3 Å². The van der Waals surface area contributed by atoms with Crippen molar-refractivity contribution in [2.24, 2.45) is 0 Å². The Morgan fingerprint density at radius 1 is 0.839 bits per heavy atom. The summed E-state index contributed by atoms with van der Waals surface area (Å²) < 4.78 is 28.3. The fourth-order valence-corrected chi connectivity index (χ4v) is 5.74. The first-order valence-electron chi connectivity index (χ1n) is 10.3. The van der Waals surface area contributed by atoms with Crippen LogP contribution >= 0.6 is 0 Å². The molecule has 0 saturated heterocycles. The minimum atomic E-state index is -3.69. The molecule has 0 radical (unpaired) electrons. The standard InChI is InChI=1S/C25H22N2O3S/c28-25(26-15-14-19-8-4-5-9-20(19)16-26)18-27-17-24(22-12-6-7-13-23(22)27)31(29,30)21-10-2-1-3-11-21/h1-13,17H,14-16,18H2. The zero-order chi connectivity index (χ0) is 21.4. The predicted octanol–water partition coefficient (Wildman–Crippen LogP) is 4.06. The van der Waals surface area contributed by atoms with E-state index in [2.05, 4.69) is 12.1 Å². The fourth-order valence-electron chi connectivity index (χ4n) is 4.24. The van der Waals surface area contributed by atoms with E-state index < -0.39 is 9.84 Å². The van der Waals surface area contributed by atoms with Crippen LogP contribution in [0.25, 0.3) is 10.9 Å². The number of aromatic nitrogens is 1. The lowest BCUT2D eigenvalue weighted by atomic mass is 10.00. The molecule has 0 fully saturated rings. The van der Waals surface area contributed by atoms with Crippen molar-refractivity contribution < 1.29 is 13.2 Å². The minimum Gasteiger partial charge on any atom is -0.337 e. The summed E-state index contributed by atoms with van der Waals surface area (Å²) in [5.74, 6) is -0.0149. The highest BCUT2D eigenvalue weighted by Gasteiger charge is 2.25. The van der Waals surface area contributed by atoms with E-state index in [0.717, 1.165) is 11.9 Å². The average Bonchev–Trinajstić information content (AvgIpc) is 3.18. The first-order chi connectivity index (χ1) is 15.0. The SMILES string of the molecule is O=C(Cn1cc(S(=O)(=O)c2ccccc2)c2ccccc21)N1CCc2ccccc2C1. The molecule has 5 nitrogen and oxygen atoms in total. The summed E-state index contributed by atoms with van der Waals surface area (Å²) in [7, 11) is -3.69. The van der Waals surface area contributed by atoms with Crippen molar-refractivity contribution in [1.29, 1.82) is 0 Å². The molecule has 1 aromatic heterocycles. The topological polar surface area (TPSA) is 59.4 Å². The monoisotopic (exact) mass is 430 g/mol. The second-order valence-electron chi connectivity index (χ2n) is 7.79. The fraction of sp³-hybridized carbons (Fsp3) is 0.160. The van der Waals surface area contributed by atoms with E-state index >= 15 is 0 Å². The maximum absolute atomic E-state index is 13.3. The molecule has 0 N–H and O–H groups in total. The Labute approximate surface area is 181 Å². The quantitative estimate of drug-likeness (QED) is 0.491. The number of hydrogen-bond donors (Lipinski definition) is 0. The number of amides is 1. The summed E-state index contributed by atoms with van der Waals surface area (Å²) in [4.78, 5) is 15.4. The molecule has 0 atom stereocenters. The summed E-state index contributed by atoms with van der Waals surface area (Å²) in [6, 6.07) is 23.9. The van der Waals surface area contributed by atoms with Gasteiger partial charge in [0.2, 0.25) is 15.7 Å². The van der Waals surface area contributed by atoms with Crippen LogP contribution in [0.2, 0.25) is 0 Å². The van der Waals surface area contributed by atoms with Crippen LogP contribution < -0.4 is 0 Å². The number of nitrogens with zero attached hydrogens (tertiary/aromatic N) is 2.